The van der Waals surface area contributed by atoms with Gasteiger partial charge in [0, 0.05) is 11.8 Å². The van der Waals surface area contributed by atoms with E-state index >= 15 is 0 Å². The normalized spacial score (nSPS) is 12.9. The van der Waals surface area contributed by atoms with Crippen molar-refractivity contribution in [3.8, 4) is 0 Å². The molecule has 0 saturated carbocycles. The Kier molecular flexibility index (Phi) is 4.44. The number of hydrogen-bond donors (Lipinski definition) is 1. The molecule has 2 aromatic rings. The van der Waals surface area contributed by atoms with E-state index in [1.165, 1.54) is 17.3 Å². The summed E-state index contributed by atoms with van der Waals surface area (Å²) in [6, 6.07) is 8.51. The number of hydrogen-bond acceptors (Lipinski definition) is 4. The molecule has 3 nitrogen and oxygen atoms in total. The van der Waals surface area contributed by atoms with E-state index in [0.29, 0.717) is 11.1 Å². The van der Waals surface area contributed by atoms with Crippen LogP contribution in [-0.4, -0.2) is 10.7 Å². The molecular formula is C14H18N2OS. The minimum absolute atomic E-state index is 0.00288. The Balaban J connectivity index is 1.94. The monoisotopic (exact) mass is 262 g/mol. The average Bonchev–Trinajstić information content (AvgIpc) is 2.89. The van der Waals surface area contributed by atoms with Crippen molar-refractivity contribution in [1.29, 1.82) is 0 Å². The Morgan fingerprint density at radius 3 is 2.44 bits per heavy atom. The molecule has 4 heteroatoms. The maximum Gasteiger partial charge on any atom is 0.255 e. The molecular weight excluding hydrogens is 244 g/mol. The molecule has 0 amide bonds. The zero-order valence-corrected chi connectivity index (χ0v) is 11.5. The Morgan fingerprint density at radius 1 is 1.22 bits per heavy atom. The fourth-order valence-electron chi connectivity index (χ4n) is 1.67. The van der Waals surface area contributed by atoms with Gasteiger partial charge in [0.05, 0.1) is 6.20 Å². The lowest BCUT2D eigenvalue weighted by Crippen LogP contribution is -2.13. The van der Waals surface area contributed by atoms with Gasteiger partial charge in [-0.15, -0.1) is 0 Å². The lowest BCUT2D eigenvalue weighted by atomic mass is 10.00. The maximum absolute atomic E-state index is 6.15. The zero-order chi connectivity index (χ0) is 13.0. The van der Waals surface area contributed by atoms with Crippen LogP contribution in [0.15, 0.2) is 46.4 Å². The molecule has 96 valence electrons. The topological polar surface area (TPSA) is 52.0 Å². The van der Waals surface area contributed by atoms with Crippen LogP contribution >= 0.6 is 11.8 Å². The van der Waals surface area contributed by atoms with Crippen LogP contribution in [0.25, 0.3) is 0 Å². The third-order valence-corrected chi connectivity index (χ3v) is 3.80. The van der Waals surface area contributed by atoms with Crippen molar-refractivity contribution in [2.24, 2.45) is 5.73 Å². The van der Waals surface area contributed by atoms with Gasteiger partial charge in [-0.25, -0.2) is 4.98 Å². The molecule has 1 aromatic carbocycles. The van der Waals surface area contributed by atoms with Gasteiger partial charge >= 0.3 is 0 Å². The molecule has 1 heterocycles. The minimum atomic E-state index is 0.00288. The predicted molar refractivity (Wildman–Crippen MR) is 74.7 cm³/mol. The van der Waals surface area contributed by atoms with Crippen molar-refractivity contribution in [1.82, 2.24) is 4.98 Å². The molecule has 0 fully saturated rings. The summed E-state index contributed by atoms with van der Waals surface area (Å²) < 4.78 is 5.17. The maximum atomic E-state index is 6.15. The van der Waals surface area contributed by atoms with Crippen LogP contribution in [0.1, 0.15) is 36.9 Å². The number of thioether (sulfide) groups is 1. The Bertz CT molecular complexity index is 465. The number of oxazole rings is 1. The molecule has 0 radical (unpaired) electrons. The van der Waals surface area contributed by atoms with Crippen molar-refractivity contribution in [3.63, 3.8) is 0 Å². The molecule has 0 aliphatic rings. The van der Waals surface area contributed by atoms with Crippen molar-refractivity contribution in [2.75, 3.05) is 5.75 Å². The lowest BCUT2D eigenvalue weighted by molar-refractivity contribution is 0.454. The molecule has 18 heavy (non-hydrogen) atoms. The summed E-state index contributed by atoms with van der Waals surface area (Å²) in [7, 11) is 0. The number of rotatable bonds is 5. The van der Waals surface area contributed by atoms with Gasteiger partial charge in [0.15, 0.2) is 0 Å². The highest BCUT2D eigenvalue weighted by Crippen LogP contribution is 2.23. The van der Waals surface area contributed by atoms with Crippen LogP contribution in [0.3, 0.4) is 0 Å². The van der Waals surface area contributed by atoms with Crippen LogP contribution in [0.4, 0.5) is 0 Å². The first kappa shape index (κ1) is 13.2. The van der Waals surface area contributed by atoms with Crippen molar-refractivity contribution in [3.05, 3.63) is 47.9 Å². The van der Waals surface area contributed by atoms with Gasteiger partial charge in [-0.2, -0.15) is 0 Å². The first-order chi connectivity index (χ1) is 8.66. The van der Waals surface area contributed by atoms with Crippen LogP contribution in [0.5, 0.6) is 0 Å². The van der Waals surface area contributed by atoms with Gasteiger partial charge in [-0.1, -0.05) is 49.9 Å². The second kappa shape index (κ2) is 6.07. The second-order valence-electron chi connectivity index (χ2n) is 4.54. The molecule has 0 bridgehead atoms. The highest BCUT2D eigenvalue weighted by Gasteiger charge is 2.09. The number of nitrogens with zero attached hydrogens (tertiary/aromatic N) is 1. The molecule has 2 rings (SSSR count). The molecule has 2 N–H and O–H groups in total. The second-order valence-corrected chi connectivity index (χ2v) is 5.51. The third kappa shape index (κ3) is 3.37. The molecule has 0 spiro atoms. The van der Waals surface area contributed by atoms with E-state index in [-0.39, 0.29) is 6.04 Å². The van der Waals surface area contributed by atoms with Crippen LogP contribution in [0.2, 0.25) is 0 Å². The van der Waals surface area contributed by atoms with Crippen LogP contribution < -0.4 is 5.73 Å². The fourth-order valence-corrected chi connectivity index (χ4v) is 2.44. The van der Waals surface area contributed by atoms with Crippen molar-refractivity contribution in [2.45, 2.75) is 31.0 Å². The minimum Gasteiger partial charge on any atom is -0.440 e. The molecule has 1 unspecified atom stereocenters. The van der Waals surface area contributed by atoms with E-state index in [0.717, 1.165) is 11.3 Å². The summed E-state index contributed by atoms with van der Waals surface area (Å²) in [6.45, 7) is 4.38. The van der Waals surface area contributed by atoms with E-state index in [2.05, 4.69) is 43.1 Å². The average molecular weight is 262 g/mol. The van der Waals surface area contributed by atoms with Gasteiger partial charge in [0.1, 0.15) is 6.26 Å². The first-order valence-electron chi connectivity index (χ1n) is 6.04. The van der Waals surface area contributed by atoms with E-state index in [4.69, 9.17) is 10.2 Å². The van der Waals surface area contributed by atoms with Gasteiger partial charge in [-0.3, -0.25) is 0 Å². The summed E-state index contributed by atoms with van der Waals surface area (Å²) in [5.41, 5.74) is 8.64. The smallest absolute Gasteiger partial charge is 0.255 e. The van der Waals surface area contributed by atoms with Crippen molar-refractivity contribution < 1.29 is 4.42 Å². The SMILES string of the molecule is CC(C)c1ccc(C(N)CSc2ncco2)cc1. The summed E-state index contributed by atoms with van der Waals surface area (Å²) in [5, 5.41) is 0.671. The van der Waals surface area contributed by atoms with Crippen LogP contribution in [0, 0.1) is 0 Å². The van der Waals surface area contributed by atoms with Gasteiger partial charge < -0.3 is 10.2 Å². The molecule has 1 aromatic heterocycles. The Hall–Kier alpha value is -1.26. The summed E-state index contributed by atoms with van der Waals surface area (Å²) in [5.74, 6) is 1.32. The van der Waals surface area contributed by atoms with E-state index in [9.17, 15) is 0 Å². The van der Waals surface area contributed by atoms with Gasteiger partial charge in [0.25, 0.3) is 5.22 Å². The molecule has 0 aliphatic heterocycles. The molecule has 0 saturated heterocycles. The lowest BCUT2D eigenvalue weighted by Gasteiger charge is -2.12. The first-order valence-corrected chi connectivity index (χ1v) is 7.03. The highest BCUT2D eigenvalue weighted by molar-refractivity contribution is 7.99. The zero-order valence-electron chi connectivity index (χ0n) is 10.7. The van der Waals surface area contributed by atoms with Gasteiger partial charge in [-0.05, 0) is 17.0 Å². The predicted octanol–water partition coefficient (Wildman–Crippen LogP) is 3.59. The Labute approximate surface area is 112 Å². The van der Waals surface area contributed by atoms with Crippen molar-refractivity contribution >= 4 is 11.8 Å². The largest absolute Gasteiger partial charge is 0.440 e. The van der Waals surface area contributed by atoms with E-state index in [1.54, 1.807) is 12.5 Å². The summed E-state index contributed by atoms with van der Waals surface area (Å²) in [6.07, 6.45) is 3.22. The summed E-state index contributed by atoms with van der Waals surface area (Å²) >= 11 is 1.54. The molecule has 0 aliphatic carbocycles. The summed E-state index contributed by atoms with van der Waals surface area (Å²) in [4.78, 5) is 4.06. The Morgan fingerprint density at radius 2 is 1.89 bits per heavy atom. The number of aromatic nitrogens is 1. The third-order valence-electron chi connectivity index (χ3n) is 2.83. The van der Waals surface area contributed by atoms with Gasteiger partial charge in [0.2, 0.25) is 0 Å². The molecule has 1 atom stereocenters. The van der Waals surface area contributed by atoms with E-state index < -0.39 is 0 Å². The standard InChI is InChI=1S/C14H18N2OS/c1-10(2)11-3-5-12(6-4-11)13(15)9-18-14-16-7-8-17-14/h3-8,10,13H,9,15H2,1-2H3. The fraction of sp³-hybridized carbons (Fsp3) is 0.357. The quantitative estimate of drug-likeness (QED) is 0.837. The number of benzene rings is 1. The van der Waals surface area contributed by atoms with E-state index in [1.807, 2.05) is 0 Å². The van der Waals surface area contributed by atoms with Crippen LogP contribution in [-0.2, 0) is 0 Å². The number of nitrogens with two attached hydrogens (primary N) is 1. The highest BCUT2D eigenvalue weighted by atomic mass is 32.2.